The monoisotopic (exact) mass is 279 g/mol. The summed E-state index contributed by atoms with van der Waals surface area (Å²) >= 11 is 0. The maximum absolute atomic E-state index is 9.26. The van der Waals surface area contributed by atoms with E-state index >= 15 is 0 Å². The normalized spacial score (nSPS) is 23.4. The largest absolute Gasteiger partial charge is 0.394 e. The van der Waals surface area contributed by atoms with Crippen LogP contribution in [0.2, 0.25) is 0 Å². The molecule has 2 unspecified atom stereocenters. The quantitative estimate of drug-likeness (QED) is 0.847. The molecule has 20 heavy (non-hydrogen) atoms. The smallest absolute Gasteiger partial charge is 0.128 e. The highest BCUT2D eigenvalue weighted by molar-refractivity contribution is 5.40. The zero-order chi connectivity index (χ0) is 14.5. The highest BCUT2D eigenvalue weighted by atomic mass is 16.5. The van der Waals surface area contributed by atoms with Crippen LogP contribution >= 0.6 is 0 Å². The third kappa shape index (κ3) is 4.16. The van der Waals surface area contributed by atoms with Crippen LogP contribution in [-0.2, 0) is 11.3 Å². The number of nitrogens with zero attached hydrogens (tertiary/aromatic N) is 2. The van der Waals surface area contributed by atoms with Crippen molar-refractivity contribution in [2.45, 2.75) is 45.6 Å². The standard InChI is InChI=1S/C15H25N3O2/c1-11(2)16-6-13-4-5-15(17-7-13)18-8-12(3)20-14(9-18)10-19/h4-5,7,11-12,14,16,19H,6,8-10H2,1-3H3. The highest BCUT2D eigenvalue weighted by Crippen LogP contribution is 2.18. The number of ether oxygens (including phenoxy) is 1. The first-order chi connectivity index (χ1) is 9.58. The molecular weight excluding hydrogens is 254 g/mol. The van der Waals surface area contributed by atoms with Gasteiger partial charge in [-0.1, -0.05) is 19.9 Å². The minimum Gasteiger partial charge on any atom is -0.394 e. The summed E-state index contributed by atoms with van der Waals surface area (Å²) in [5.74, 6) is 0.951. The molecule has 2 rings (SSSR count). The van der Waals surface area contributed by atoms with Gasteiger partial charge >= 0.3 is 0 Å². The van der Waals surface area contributed by atoms with E-state index in [-0.39, 0.29) is 18.8 Å². The van der Waals surface area contributed by atoms with E-state index in [1.807, 2.05) is 19.2 Å². The molecule has 2 atom stereocenters. The number of aliphatic hydroxyl groups excluding tert-OH is 1. The van der Waals surface area contributed by atoms with Crippen LogP contribution in [0.1, 0.15) is 26.3 Å². The Hall–Kier alpha value is -1.17. The highest BCUT2D eigenvalue weighted by Gasteiger charge is 2.25. The van der Waals surface area contributed by atoms with Gasteiger partial charge in [0.25, 0.3) is 0 Å². The van der Waals surface area contributed by atoms with E-state index in [2.05, 4.69) is 35.1 Å². The molecule has 1 aromatic heterocycles. The molecule has 1 fully saturated rings. The van der Waals surface area contributed by atoms with Gasteiger partial charge in [0.15, 0.2) is 0 Å². The topological polar surface area (TPSA) is 57.6 Å². The predicted octanol–water partition coefficient (Wildman–Crippen LogP) is 1.17. The van der Waals surface area contributed by atoms with Gasteiger partial charge in [-0.2, -0.15) is 0 Å². The summed E-state index contributed by atoms with van der Waals surface area (Å²) in [5.41, 5.74) is 1.18. The third-order valence-corrected chi connectivity index (χ3v) is 3.38. The number of anilines is 1. The Bertz CT molecular complexity index is 408. The maximum Gasteiger partial charge on any atom is 0.128 e. The Balaban J connectivity index is 1.98. The van der Waals surface area contributed by atoms with E-state index in [0.717, 1.165) is 18.9 Å². The molecule has 0 bridgehead atoms. The lowest BCUT2D eigenvalue weighted by molar-refractivity contribution is -0.0423. The van der Waals surface area contributed by atoms with Gasteiger partial charge in [-0.3, -0.25) is 0 Å². The predicted molar refractivity (Wildman–Crippen MR) is 79.8 cm³/mol. The summed E-state index contributed by atoms with van der Waals surface area (Å²) in [4.78, 5) is 6.71. The van der Waals surface area contributed by atoms with Crippen LogP contribution in [0.5, 0.6) is 0 Å². The van der Waals surface area contributed by atoms with Crippen molar-refractivity contribution >= 4 is 5.82 Å². The number of aliphatic hydroxyl groups is 1. The van der Waals surface area contributed by atoms with Crippen molar-refractivity contribution in [3.05, 3.63) is 23.9 Å². The Labute approximate surface area is 121 Å². The average Bonchev–Trinajstić information content (AvgIpc) is 2.45. The number of aromatic nitrogens is 1. The minimum atomic E-state index is -0.122. The first-order valence-electron chi connectivity index (χ1n) is 7.28. The van der Waals surface area contributed by atoms with Crippen LogP contribution in [0.15, 0.2) is 18.3 Å². The van der Waals surface area contributed by atoms with Crippen molar-refractivity contribution in [2.24, 2.45) is 0 Å². The Morgan fingerprint density at radius 2 is 2.25 bits per heavy atom. The molecule has 0 saturated carbocycles. The number of morpholine rings is 1. The molecule has 5 nitrogen and oxygen atoms in total. The van der Waals surface area contributed by atoms with Crippen LogP contribution in [0.4, 0.5) is 5.82 Å². The molecule has 0 aromatic carbocycles. The summed E-state index contributed by atoms with van der Waals surface area (Å²) in [6.07, 6.45) is 1.91. The molecule has 0 aliphatic carbocycles. The second-order valence-electron chi connectivity index (χ2n) is 5.72. The minimum absolute atomic E-state index is 0.0528. The van der Waals surface area contributed by atoms with Crippen LogP contribution < -0.4 is 10.2 Å². The zero-order valence-corrected chi connectivity index (χ0v) is 12.5. The Morgan fingerprint density at radius 1 is 1.45 bits per heavy atom. The third-order valence-electron chi connectivity index (χ3n) is 3.38. The molecule has 1 saturated heterocycles. The molecule has 2 heterocycles. The fraction of sp³-hybridized carbons (Fsp3) is 0.667. The second-order valence-corrected chi connectivity index (χ2v) is 5.72. The number of hydrogen-bond donors (Lipinski definition) is 2. The second kappa shape index (κ2) is 7.02. The number of pyridine rings is 1. The van der Waals surface area contributed by atoms with Gasteiger partial charge in [0, 0.05) is 31.9 Å². The van der Waals surface area contributed by atoms with E-state index < -0.39 is 0 Å². The van der Waals surface area contributed by atoms with Gasteiger partial charge in [-0.25, -0.2) is 4.98 Å². The van der Waals surface area contributed by atoms with Crippen LogP contribution in [0.25, 0.3) is 0 Å². The molecule has 2 N–H and O–H groups in total. The molecule has 1 aliphatic heterocycles. The van der Waals surface area contributed by atoms with Gasteiger partial charge in [-0.15, -0.1) is 0 Å². The van der Waals surface area contributed by atoms with Gasteiger partial charge in [-0.05, 0) is 18.6 Å². The van der Waals surface area contributed by atoms with Crippen LogP contribution in [0, 0.1) is 0 Å². The van der Waals surface area contributed by atoms with Crippen LogP contribution in [-0.4, -0.2) is 48.0 Å². The van der Waals surface area contributed by atoms with Crippen molar-refractivity contribution in [3.63, 3.8) is 0 Å². The van der Waals surface area contributed by atoms with Gasteiger partial charge in [0.05, 0.1) is 18.8 Å². The lowest BCUT2D eigenvalue weighted by Gasteiger charge is -2.36. The number of rotatable bonds is 5. The van der Waals surface area contributed by atoms with Gasteiger partial charge < -0.3 is 20.1 Å². The van der Waals surface area contributed by atoms with Crippen molar-refractivity contribution in [2.75, 3.05) is 24.6 Å². The molecule has 5 heteroatoms. The number of hydrogen-bond acceptors (Lipinski definition) is 5. The lowest BCUT2D eigenvalue weighted by atomic mass is 10.2. The van der Waals surface area contributed by atoms with E-state index in [4.69, 9.17) is 4.74 Å². The van der Waals surface area contributed by atoms with E-state index in [0.29, 0.717) is 12.6 Å². The summed E-state index contributed by atoms with van der Waals surface area (Å²) in [6.45, 7) is 8.68. The molecule has 112 valence electrons. The molecule has 1 aromatic rings. The fourth-order valence-corrected chi connectivity index (χ4v) is 2.36. The van der Waals surface area contributed by atoms with E-state index in [1.54, 1.807) is 0 Å². The van der Waals surface area contributed by atoms with E-state index in [1.165, 1.54) is 5.56 Å². The first-order valence-corrected chi connectivity index (χ1v) is 7.28. The Kier molecular flexibility index (Phi) is 5.34. The first kappa shape index (κ1) is 15.2. The molecule has 0 amide bonds. The summed E-state index contributed by atoms with van der Waals surface area (Å²) in [5, 5.41) is 12.6. The molecule has 0 radical (unpaired) electrons. The van der Waals surface area contributed by atoms with E-state index in [9.17, 15) is 5.11 Å². The van der Waals surface area contributed by atoms with Crippen molar-refractivity contribution < 1.29 is 9.84 Å². The molecule has 0 spiro atoms. The van der Waals surface area contributed by atoms with Crippen molar-refractivity contribution in [1.82, 2.24) is 10.3 Å². The summed E-state index contributed by atoms with van der Waals surface area (Å²) in [7, 11) is 0. The fourth-order valence-electron chi connectivity index (χ4n) is 2.36. The average molecular weight is 279 g/mol. The summed E-state index contributed by atoms with van der Waals surface area (Å²) < 4.78 is 5.65. The molecular formula is C15H25N3O2. The Morgan fingerprint density at radius 3 is 2.85 bits per heavy atom. The van der Waals surface area contributed by atoms with Crippen molar-refractivity contribution in [3.8, 4) is 0 Å². The zero-order valence-electron chi connectivity index (χ0n) is 12.5. The lowest BCUT2D eigenvalue weighted by Crippen LogP contribution is -2.48. The van der Waals surface area contributed by atoms with Gasteiger partial charge in [0.1, 0.15) is 5.82 Å². The molecule has 1 aliphatic rings. The SMILES string of the molecule is CC(C)NCc1ccc(N2CC(C)OC(CO)C2)nc1. The van der Waals surface area contributed by atoms with Crippen LogP contribution in [0.3, 0.4) is 0 Å². The summed E-state index contributed by atoms with van der Waals surface area (Å²) in [6, 6.07) is 4.62. The van der Waals surface area contributed by atoms with Crippen molar-refractivity contribution in [1.29, 1.82) is 0 Å². The maximum atomic E-state index is 9.26. The van der Waals surface area contributed by atoms with Gasteiger partial charge in [0.2, 0.25) is 0 Å². The number of nitrogens with one attached hydrogen (secondary N) is 1.